The van der Waals surface area contributed by atoms with Gasteiger partial charge in [0.2, 0.25) is 5.91 Å². The molecule has 104 valence electrons. The van der Waals surface area contributed by atoms with Gasteiger partial charge in [-0.2, -0.15) is 0 Å². The highest BCUT2D eigenvalue weighted by atomic mass is 16.2. The summed E-state index contributed by atoms with van der Waals surface area (Å²) in [5.41, 5.74) is 8.44. The molecule has 1 fully saturated rings. The summed E-state index contributed by atoms with van der Waals surface area (Å²) in [5, 5.41) is 2.93. The second-order valence-electron chi connectivity index (χ2n) is 4.98. The lowest BCUT2D eigenvalue weighted by atomic mass is 10.00. The fourth-order valence-electron chi connectivity index (χ4n) is 2.69. The van der Waals surface area contributed by atoms with Crippen LogP contribution in [0.2, 0.25) is 0 Å². The molecule has 1 aromatic rings. The maximum atomic E-state index is 12.0. The molecule has 0 aromatic heterocycles. The normalized spacial score (nSPS) is 21.1. The van der Waals surface area contributed by atoms with Crippen molar-refractivity contribution in [1.29, 1.82) is 0 Å². The number of anilines is 1. The third kappa shape index (κ3) is 2.73. The summed E-state index contributed by atoms with van der Waals surface area (Å²) in [4.78, 5) is 14.2. The molecule has 1 unspecified atom stereocenters. The molecule has 3 N–H and O–H groups in total. The van der Waals surface area contributed by atoms with E-state index in [4.69, 9.17) is 5.73 Å². The van der Waals surface area contributed by atoms with Crippen LogP contribution in [0.1, 0.15) is 38.3 Å². The number of carbonyl (C=O) groups excluding carboxylic acids is 1. The molecule has 2 atom stereocenters. The highest BCUT2D eigenvalue weighted by Crippen LogP contribution is 2.29. The number of hydrogen-bond donors (Lipinski definition) is 2. The van der Waals surface area contributed by atoms with E-state index in [1.54, 1.807) is 0 Å². The van der Waals surface area contributed by atoms with Gasteiger partial charge >= 0.3 is 0 Å². The Balaban J connectivity index is 2.37. The van der Waals surface area contributed by atoms with Gasteiger partial charge in [0.1, 0.15) is 6.04 Å². The predicted molar refractivity (Wildman–Crippen MR) is 78.1 cm³/mol. The zero-order valence-corrected chi connectivity index (χ0v) is 11.7. The number of nitrogens with zero attached hydrogens (tertiary/aromatic N) is 1. The number of nitrogens with one attached hydrogen (secondary N) is 1. The van der Waals surface area contributed by atoms with Gasteiger partial charge in [0.15, 0.2) is 0 Å². The summed E-state index contributed by atoms with van der Waals surface area (Å²) in [6, 6.07) is 8.12. The SMILES string of the molecule is CCC1C(=O)NCCN1c1ccccc1[C@H](N)CC. The van der Waals surface area contributed by atoms with Gasteiger partial charge < -0.3 is 16.0 Å². The van der Waals surface area contributed by atoms with E-state index < -0.39 is 0 Å². The van der Waals surface area contributed by atoms with Crippen LogP contribution in [-0.2, 0) is 4.79 Å². The summed E-state index contributed by atoms with van der Waals surface area (Å²) >= 11 is 0. The van der Waals surface area contributed by atoms with Crippen LogP contribution in [0.5, 0.6) is 0 Å². The van der Waals surface area contributed by atoms with Gasteiger partial charge in [0.05, 0.1) is 0 Å². The maximum absolute atomic E-state index is 12.0. The number of amides is 1. The molecule has 2 rings (SSSR count). The number of nitrogens with two attached hydrogens (primary N) is 1. The molecule has 0 spiro atoms. The minimum atomic E-state index is -0.0843. The maximum Gasteiger partial charge on any atom is 0.242 e. The number of benzene rings is 1. The number of rotatable bonds is 4. The Morgan fingerprint density at radius 2 is 2.16 bits per heavy atom. The highest BCUT2D eigenvalue weighted by Gasteiger charge is 2.29. The first kappa shape index (κ1) is 13.9. The molecular formula is C15H23N3O. The van der Waals surface area contributed by atoms with E-state index in [1.807, 2.05) is 19.1 Å². The number of para-hydroxylation sites is 1. The Morgan fingerprint density at radius 1 is 1.42 bits per heavy atom. The lowest BCUT2D eigenvalue weighted by Gasteiger charge is -2.38. The molecule has 1 amide bonds. The lowest BCUT2D eigenvalue weighted by molar-refractivity contribution is -0.123. The van der Waals surface area contributed by atoms with E-state index in [-0.39, 0.29) is 18.0 Å². The topological polar surface area (TPSA) is 58.4 Å². The fourth-order valence-corrected chi connectivity index (χ4v) is 2.69. The average molecular weight is 261 g/mol. The zero-order valence-electron chi connectivity index (χ0n) is 11.7. The van der Waals surface area contributed by atoms with Crippen molar-refractivity contribution in [2.45, 2.75) is 38.8 Å². The van der Waals surface area contributed by atoms with E-state index in [2.05, 4.69) is 29.3 Å². The molecule has 4 nitrogen and oxygen atoms in total. The van der Waals surface area contributed by atoms with E-state index in [1.165, 1.54) is 0 Å². The Bertz CT molecular complexity index is 447. The largest absolute Gasteiger partial charge is 0.357 e. The van der Waals surface area contributed by atoms with Crippen molar-refractivity contribution in [3.8, 4) is 0 Å². The molecule has 1 aromatic carbocycles. The van der Waals surface area contributed by atoms with Crippen molar-refractivity contribution >= 4 is 11.6 Å². The molecule has 0 aliphatic carbocycles. The molecule has 4 heteroatoms. The quantitative estimate of drug-likeness (QED) is 0.869. The van der Waals surface area contributed by atoms with Crippen molar-refractivity contribution < 1.29 is 4.79 Å². The van der Waals surface area contributed by atoms with Gasteiger partial charge in [0, 0.05) is 24.8 Å². The average Bonchev–Trinajstić information content (AvgIpc) is 2.46. The predicted octanol–water partition coefficient (Wildman–Crippen LogP) is 1.81. The zero-order chi connectivity index (χ0) is 13.8. The molecule has 0 saturated carbocycles. The van der Waals surface area contributed by atoms with Crippen molar-refractivity contribution in [3.05, 3.63) is 29.8 Å². The third-order valence-electron chi connectivity index (χ3n) is 3.80. The Kier molecular flexibility index (Phi) is 4.43. The van der Waals surface area contributed by atoms with Gasteiger partial charge in [-0.1, -0.05) is 32.0 Å². The van der Waals surface area contributed by atoms with Crippen LogP contribution in [-0.4, -0.2) is 25.0 Å². The minimum Gasteiger partial charge on any atom is -0.357 e. The molecule has 1 saturated heterocycles. The first-order valence-corrected chi connectivity index (χ1v) is 7.07. The first-order chi connectivity index (χ1) is 9.19. The van der Waals surface area contributed by atoms with Gasteiger partial charge in [-0.15, -0.1) is 0 Å². The van der Waals surface area contributed by atoms with Crippen LogP contribution >= 0.6 is 0 Å². The molecule has 0 bridgehead atoms. The van der Waals surface area contributed by atoms with Crippen LogP contribution in [0.3, 0.4) is 0 Å². The second-order valence-corrected chi connectivity index (χ2v) is 4.98. The first-order valence-electron chi connectivity index (χ1n) is 7.07. The Morgan fingerprint density at radius 3 is 2.84 bits per heavy atom. The van der Waals surface area contributed by atoms with Crippen LogP contribution < -0.4 is 16.0 Å². The summed E-state index contributed by atoms with van der Waals surface area (Å²) in [6.45, 7) is 5.68. The van der Waals surface area contributed by atoms with Crippen molar-refractivity contribution in [1.82, 2.24) is 5.32 Å². The highest BCUT2D eigenvalue weighted by molar-refractivity contribution is 5.86. The Labute approximate surface area is 115 Å². The summed E-state index contributed by atoms with van der Waals surface area (Å²) in [7, 11) is 0. The lowest BCUT2D eigenvalue weighted by Crippen LogP contribution is -2.55. The summed E-state index contributed by atoms with van der Waals surface area (Å²) in [6.07, 6.45) is 1.70. The summed E-state index contributed by atoms with van der Waals surface area (Å²) < 4.78 is 0. The molecule has 1 aliphatic heterocycles. The van der Waals surface area contributed by atoms with Crippen LogP contribution in [0.4, 0.5) is 5.69 Å². The molecule has 19 heavy (non-hydrogen) atoms. The molecule has 1 heterocycles. The number of hydrogen-bond acceptors (Lipinski definition) is 3. The second kappa shape index (κ2) is 6.06. The van der Waals surface area contributed by atoms with Crippen LogP contribution in [0.15, 0.2) is 24.3 Å². The smallest absolute Gasteiger partial charge is 0.242 e. The van der Waals surface area contributed by atoms with Crippen LogP contribution in [0, 0.1) is 0 Å². The van der Waals surface area contributed by atoms with Crippen molar-refractivity contribution in [2.24, 2.45) is 5.73 Å². The van der Waals surface area contributed by atoms with Crippen LogP contribution in [0.25, 0.3) is 0 Å². The Hall–Kier alpha value is -1.55. The molecular weight excluding hydrogens is 238 g/mol. The van der Waals surface area contributed by atoms with Crippen molar-refractivity contribution in [2.75, 3.05) is 18.0 Å². The number of carbonyl (C=O) groups is 1. The van der Waals surface area contributed by atoms with Crippen molar-refractivity contribution in [3.63, 3.8) is 0 Å². The van der Waals surface area contributed by atoms with Gasteiger partial charge in [-0.25, -0.2) is 0 Å². The van der Waals surface area contributed by atoms with Gasteiger partial charge in [-0.3, -0.25) is 4.79 Å². The molecule has 1 aliphatic rings. The van der Waals surface area contributed by atoms with E-state index in [0.29, 0.717) is 6.54 Å². The van der Waals surface area contributed by atoms with E-state index in [9.17, 15) is 4.79 Å². The number of piperazine rings is 1. The third-order valence-corrected chi connectivity index (χ3v) is 3.80. The van der Waals surface area contributed by atoms with E-state index in [0.717, 1.165) is 30.6 Å². The minimum absolute atomic E-state index is 0.0266. The molecule has 0 radical (unpaired) electrons. The monoisotopic (exact) mass is 261 g/mol. The van der Waals surface area contributed by atoms with Gasteiger partial charge in [0.25, 0.3) is 0 Å². The fraction of sp³-hybridized carbons (Fsp3) is 0.533. The standard InChI is InChI=1S/C15H23N3O/c1-3-12(16)11-7-5-6-8-14(11)18-10-9-17-15(19)13(18)4-2/h5-8,12-13H,3-4,9-10,16H2,1-2H3,(H,17,19)/t12-,13?/m1/s1. The summed E-state index contributed by atoms with van der Waals surface area (Å²) in [5.74, 6) is 0.119. The van der Waals surface area contributed by atoms with E-state index >= 15 is 0 Å². The van der Waals surface area contributed by atoms with Gasteiger partial charge in [-0.05, 0) is 24.5 Å².